The van der Waals surface area contributed by atoms with Crippen molar-refractivity contribution in [2.75, 3.05) is 7.11 Å². The van der Waals surface area contributed by atoms with Crippen molar-refractivity contribution in [1.29, 1.82) is 0 Å². The summed E-state index contributed by atoms with van der Waals surface area (Å²) in [4.78, 5) is 39.7. The average Bonchev–Trinajstić information content (AvgIpc) is 3.85. The van der Waals surface area contributed by atoms with E-state index in [2.05, 4.69) is 19.2 Å². The maximum Gasteiger partial charge on any atom is 0.305 e. The van der Waals surface area contributed by atoms with E-state index in [0.717, 1.165) is 74.1 Å². The van der Waals surface area contributed by atoms with Gasteiger partial charge in [0, 0.05) is 58.9 Å². The number of benzene rings is 1. The Morgan fingerprint density at radius 3 is 2.46 bits per heavy atom. The van der Waals surface area contributed by atoms with Crippen LogP contribution in [-0.4, -0.2) is 40.2 Å². The Morgan fingerprint density at radius 1 is 1.04 bits per heavy atom. The molecule has 5 aliphatic heterocycles. The maximum atomic E-state index is 12.4. The molecule has 50 heavy (non-hydrogen) atoms. The highest BCUT2D eigenvalue weighted by Gasteiger charge is 2.41. The van der Waals surface area contributed by atoms with Crippen molar-refractivity contribution in [3.05, 3.63) is 144 Å². The Morgan fingerprint density at radius 2 is 1.76 bits per heavy atom. The molecule has 8 bridgehead atoms. The van der Waals surface area contributed by atoms with Gasteiger partial charge in [-0.2, -0.15) is 0 Å². The van der Waals surface area contributed by atoms with Crippen LogP contribution in [0.25, 0.3) is 5.70 Å². The highest BCUT2D eigenvalue weighted by molar-refractivity contribution is 6.21. The molecule has 0 unspecified atom stereocenters. The minimum atomic E-state index is -0.357. The number of hydrogen-bond donors (Lipinski definition) is 2. The van der Waals surface area contributed by atoms with E-state index in [1.165, 1.54) is 7.11 Å². The standard InChI is InChI=1S/C40H39N5O5/c1-7-25-20(2)30-18-34-27(15-35(45(48)49)24-11-9-8-10-12-24)22(4)29(42-34)17-31-21(3)26(13-14-37(47)50-6)39(43-31)28-16-36(46)38-23(5)32(44-40(28)38)19-33(25)41-30/h8-12,15,17-19,21,26,43,46H,7,13-14,16H2,1-6H3/b31-17?,33-19?,34-18?,35-15+,39-28?/t21-,26-/m0/s1. The van der Waals surface area contributed by atoms with Crippen LogP contribution in [0.5, 0.6) is 0 Å². The predicted molar refractivity (Wildman–Crippen MR) is 195 cm³/mol. The van der Waals surface area contributed by atoms with Crippen LogP contribution in [0.15, 0.2) is 143 Å². The van der Waals surface area contributed by atoms with E-state index in [9.17, 15) is 20.0 Å². The number of nitro groups is 1. The van der Waals surface area contributed by atoms with Crippen LogP contribution in [0.1, 0.15) is 65.9 Å². The van der Waals surface area contributed by atoms with Crippen LogP contribution in [0, 0.1) is 22.0 Å². The van der Waals surface area contributed by atoms with Crippen molar-refractivity contribution in [3.63, 3.8) is 0 Å². The molecular weight excluding hydrogens is 630 g/mol. The molecule has 7 rings (SSSR count). The van der Waals surface area contributed by atoms with E-state index < -0.39 is 0 Å². The SMILES string of the molecule is CCC1=C(C)C2=NC1=CC1=C(C)C3=C(O)CC(=C4NC(=CC5=NC(=C2)C(/C=C(\c2ccccc2)[N+](=O)[O-])=C5C)[C@@H](C)[C@@H]4CCC(=O)OC)C3=N1. The highest BCUT2D eigenvalue weighted by atomic mass is 16.6. The van der Waals surface area contributed by atoms with Crippen molar-refractivity contribution in [2.24, 2.45) is 26.8 Å². The van der Waals surface area contributed by atoms with Crippen LogP contribution < -0.4 is 5.32 Å². The lowest BCUT2D eigenvalue weighted by molar-refractivity contribution is -0.375. The number of carbonyl (C=O) groups excluding carboxylic acids is 1. The number of aliphatic imine (C=N–C) groups is 3. The zero-order valence-electron chi connectivity index (χ0n) is 29.0. The second kappa shape index (κ2) is 12.7. The van der Waals surface area contributed by atoms with Gasteiger partial charge in [-0.3, -0.25) is 14.9 Å². The molecule has 0 amide bonds. The molecule has 1 saturated heterocycles. The Labute approximate surface area is 291 Å². The third kappa shape index (κ3) is 5.45. The number of methoxy groups -OCH3 is 1. The Hall–Kier alpha value is -5.64. The maximum absolute atomic E-state index is 12.4. The Balaban J connectivity index is 1.47. The Bertz CT molecular complexity index is 2160. The number of rotatable bonds is 7. The molecule has 0 radical (unpaired) electrons. The molecule has 2 atom stereocenters. The van der Waals surface area contributed by atoms with Crippen molar-refractivity contribution >= 4 is 28.8 Å². The van der Waals surface area contributed by atoms with Gasteiger partial charge in [0.25, 0.3) is 5.70 Å². The molecule has 0 aromatic heterocycles. The summed E-state index contributed by atoms with van der Waals surface area (Å²) in [5.41, 5.74) is 12.6. The lowest BCUT2D eigenvalue weighted by Crippen LogP contribution is -2.16. The molecule has 1 aliphatic carbocycles. The first kappa shape index (κ1) is 32.9. The number of fused-ring (bicyclic) bond motifs is 5. The van der Waals surface area contributed by atoms with Crippen LogP contribution in [-0.2, 0) is 9.53 Å². The largest absolute Gasteiger partial charge is 0.511 e. The molecule has 1 aromatic carbocycles. The molecule has 6 aliphatic rings. The lowest BCUT2D eigenvalue weighted by Gasteiger charge is -2.17. The van der Waals surface area contributed by atoms with Gasteiger partial charge in [0.15, 0.2) is 0 Å². The van der Waals surface area contributed by atoms with Crippen LogP contribution in [0.4, 0.5) is 0 Å². The van der Waals surface area contributed by atoms with E-state index in [1.54, 1.807) is 30.3 Å². The smallest absolute Gasteiger partial charge is 0.305 e. The van der Waals surface area contributed by atoms with E-state index >= 15 is 0 Å². The lowest BCUT2D eigenvalue weighted by atomic mass is 9.86. The van der Waals surface area contributed by atoms with Crippen molar-refractivity contribution in [2.45, 2.75) is 60.3 Å². The van der Waals surface area contributed by atoms with Gasteiger partial charge < -0.3 is 15.2 Å². The molecule has 1 aromatic rings. The molecule has 0 saturated carbocycles. The van der Waals surface area contributed by atoms with E-state index in [0.29, 0.717) is 35.4 Å². The number of aliphatic hydroxyl groups excluding tert-OH is 1. The van der Waals surface area contributed by atoms with Crippen LogP contribution in [0.3, 0.4) is 0 Å². The van der Waals surface area contributed by atoms with E-state index in [1.807, 2.05) is 45.1 Å². The van der Waals surface area contributed by atoms with Gasteiger partial charge in [-0.05, 0) is 86.3 Å². The second-order valence-corrected chi connectivity index (χ2v) is 13.3. The normalized spacial score (nSPS) is 22.9. The predicted octanol–water partition coefficient (Wildman–Crippen LogP) is 7.93. The van der Waals surface area contributed by atoms with Gasteiger partial charge in [-0.1, -0.05) is 32.0 Å². The number of ether oxygens (including phenoxy) is 1. The van der Waals surface area contributed by atoms with Crippen molar-refractivity contribution < 1.29 is 19.6 Å². The fraction of sp³-hybridized carbons (Fsp3) is 0.300. The first-order valence-corrected chi connectivity index (χ1v) is 17.0. The first-order valence-electron chi connectivity index (χ1n) is 17.0. The molecule has 10 nitrogen and oxygen atoms in total. The minimum Gasteiger partial charge on any atom is -0.511 e. The van der Waals surface area contributed by atoms with E-state index in [-0.39, 0.29) is 40.6 Å². The number of nitrogens with zero attached hydrogens (tertiary/aromatic N) is 4. The van der Waals surface area contributed by atoms with E-state index in [4.69, 9.17) is 19.7 Å². The molecular formula is C40H39N5O5. The molecule has 254 valence electrons. The van der Waals surface area contributed by atoms with Crippen molar-refractivity contribution in [3.8, 4) is 0 Å². The zero-order valence-corrected chi connectivity index (χ0v) is 29.0. The second-order valence-electron chi connectivity index (χ2n) is 13.3. The summed E-state index contributed by atoms with van der Waals surface area (Å²) in [6.45, 7) is 10.2. The monoisotopic (exact) mass is 669 g/mol. The van der Waals surface area contributed by atoms with Crippen molar-refractivity contribution in [1.82, 2.24) is 5.32 Å². The molecule has 0 spiro atoms. The van der Waals surface area contributed by atoms with Gasteiger partial charge in [0.1, 0.15) is 5.76 Å². The van der Waals surface area contributed by atoms with Gasteiger partial charge in [-0.25, -0.2) is 15.0 Å². The average molecular weight is 670 g/mol. The van der Waals surface area contributed by atoms with Crippen LogP contribution in [0.2, 0.25) is 0 Å². The van der Waals surface area contributed by atoms with Gasteiger partial charge in [-0.15, -0.1) is 0 Å². The summed E-state index contributed by atoms with van der Waals surface area (Å²) in [5, 5.41) is 27.4. The fourth-order valence-corrected chi connectivity index (χ4v) is 7.67. The third-order valence-corrected chi connectivity index (χ3v) is 10.5. The summed E-state index contributed by atoms with van der Waals surface area (Å²) in [5.74, 6) is -0.132. The fourth-order valence-electron chi connectivity index (χ4n) is 7.67. The van der Waals surface area contributed by atoms with Crippen LogP contribution >= 0.6 is 0 Å². The third-order valence-electron chi connectivity index (χ3n) is 10.5. The Kier molecular flexibility index (Phi) is 8.33. The molecule has 10 heteroatoms. The summed E-state index contributed by atoms with van der Waals surface area (Å²) in [6, 6.07) is 8.86. The molecule has 5 heterocycles. The summed E-state index contributed by atoms with van der Waals surface area (Å²) in [7, 11) is 1.39. The number of esters is 1. The van der Waals surface area contributed by atoms with Gasteiger partial charge in [0.2, 0.25) is 0 Å². The molecule has 2 N–H and O–H groups in total. The number of carbonyl (C=O) groups is 1. The number of aliphatic hydroxyl groups is 1. The molecule has 1 fully saturated rings. The number of nitrogens with one attached hydrogen (secondary N) is 1. The summed E-state index contributed by atoms with van der Waals surface area (Å²) in [6.07, 6.45) is 9.37. The quantitative estimate of drug-likeness (QED) is 0.172. The number of allylic oxidation sites excluding steroid dienone is 12. The van der Waals surface area contributed by atoms with Gasteiger partial charge in [0.05, 0.1) is 51.8 Å². The minimum absolute atomic E-state index is 0.0278. The van der Waals surface area contributed by atoms with Gasteiger partial charge >= 0.3 is 5.97 Å². The zero-order chi connectivity index (χ0) is 35.4. The first-order chi connectivity index (χ1) is 24.0. The number of hydrogen-bond acceptors (Lipinski definition) is 9. The summed E-state index contributed by atoms with van der Waals surface area (Å²) >= 11 is 0. The summed E-state index contributed by atoms with van der Waals surface area (Å²) < 4.78 is 4.99. The highest BCUT2D eigenvalue weighted by Crippen LogP contribution is 2.46. The topological polar surface area (TPSA) is 139 Å².